The highest BCUT2D eigenvalue weighted by Crippen LogP contribution is 2.31. The Bertz CT molecular complexity index is 1100. The summed E-state index contributed by atoms with van der Waals surface area (Å²) >= 11 is 3.42. The number of carbonyl (C=O) groups excluding carboxylic acids is 3. The predicted molar refractivity (Wildman–Crippen MR) is 114 cm³/mol. The number of benzene rings is 2. The normalized spacial score (nSPS) is 15.8. The van der Waals surface area contributed by atoms with E-state index in [2.05, 4.69) is 37.0 Å². The Balaban J connectivity index is 1.35. The summed E-state index contributed by atoms with van der Waals surface area (Å²) < 4.78 is 0.779. The standard InChI is InChI=1S/C21H18BrN5O3/c22-15-8-4-5-9-18(15)27-12-14(10-19(27)28)20(29)25-26-21(30)17-11-16(23-24-17)13-6-2-1-3-7-13/h1-9,11,14H,10,12H2,(H,23,24)(H,25,29)(H,26,30). The van der Waals surface area contributed by atoms with E-state index in [1.54, 1.807) is 11.0 Å². The lowest BCUT2D eigenvalue weighted by molar-refractivity contribution is -0.126. The van der Waals surface area contributed by atoms with Crippen molar-refractivity contribution in [3.8, 4) is 11.3 Å². The van der Waals surface area contributed by atoms with Crippen LogP contribution in [0, 0.1) is 5.92 Å². The van der Waals surface area contributed by atoms with E-state index in [1.807, 2.05) is 54.6 Å². The Hall–Kier alpha value is -3.46. The maximum Gasteiger partial charge on any atom is 0.287 e. The van der Waals surface area contributed by atoms with Gasteiger partial charge in [0, 0.05) is 23.0 Å². The number of para-hydroxylation sites is 1. The van der Waals surface area contributed by atoms with Crippen molar-refractivity contribution < 1.29 is 14.4 Å². The number of nitrogens with zero attached hydrogens (tertiary/aromatic N) is 2. The van der Waals surface area contributed by atoms with Gasteiger partial charge in [-0.1, -0.05) is 42.5 Å². The summed E-state index contributed by atoms with van der Waals surface area (Å²) in [6.45, 7) is 0.241. The summed E-state index contributed by atoms with van der Waals surface area (Å²) in [6, 6.07) is 18.4. The first-order valence-electron chi connectivity index (χ1n) is 9.29. The molecule has 1 aliphatic rings. The number of anilines is 1. The molecule has 2 aromatic carbocycles. The fourth-order valence-electron chi connectivity index (χ4n) is 3.27. The van der Waals surface area contributed by atoms with Crippen LogP contribution in [0.5, 0.6) is 0 Å². The van der Waals surface area contributed by atoms with Crippen molar-refractivity contribution in [2.75, 3.05) is 11.4 Å². The van der Waals surface area contributed by atoms with Crippen molar-refractivity contribution in [3.63, 3.8) is 0 Å². The molecule has 3 amide bonds. The van der Waals surface area contributed by atoms with Gasteiger partial charge in [-0.2, -0.15) is 5.10 Å². The molecule has 4 rings (SSSR count). The van der Waals surface area contributed by atoms with Crippen LogP contribution in [0.4, 0.5) is 5.69 Å². The second kappa shape index (κ2) is 8.50. The highest BCUT2D eigenvalue weighted by molar-refractivity contribution is 9.10. The molecule has 0 saturated carbocycles. The average Bonchev–Trinajstić information content (AvgIpc) is 3.40. The number of carbonyl (C=O) groups is 3. The van der Waals surface area contributed by atoms with Gasteiger partial charge in [0.1, 0.15) is 5.69 Å². The van der Waals surface area contributed by atoms with E-state index >= 15 is 0 Å². The first-order valence-corrected chi connectivity index (χ1v) is 10.1. The zero-order valence-corrected chi connectivity index (χ0v) is 17.3. The Morgan fingerprint density at radius 2 is 1.80 bits per heavy atom. The van der Waals surface area contributed by atoms with Crippen LogP contribution in [0.2, 0.25) is 0 Å². The number of rotatable bonds is 4. The first kappa shape index (κ1) is 19.8. The van der Waals surface area contributed by atoms with Gasteiger partial charge in [0.25, 0.3) is 5.91 Å². The first-order chi connectivity index (χ1) is 14.5. The number of aromatic nitrogens is 2. The maximum absolute atomic E-state index is 12.5. The van der Waals surface area contributed by atoms with Gasteiger partial charge in [0.15, 0.2) is 0 Å². The number of hydrazine groups is 1. The molecule has 3 N–H and O–H groups in total. The van der Waals surface area contributed by atoms with Crippen molar-refractivity contribution in [3.05, 3.63) is 70.8 Å². The van der Waals surface area contributed by atoms with Gasteiger partial charge >= 0.3 is 0 Å². The molecule has 1 fully saturated rings. The van der Waals surface area contributed by atoms with Crippen molar-refractivity contribution in [1.29, 1.82) is 0 Å². The van der Waals surface area contributed by atoms with Crippen LogP contribution in [0.3, 0.4) is 0 Å². The predicted octanol–water partition coefficient (Wildman–Crippen LogP) is 2.65. The fraction of sp³-hybridized carbons (Fsp3) is 0.143. The van der Waals surface area contributed by atoms with Crippen LogP contribution in [0.1, 0.15) is 16.9 Å². The second-order valence-electron chi connectivity index (χ2n) is 6.83. The Kier molecular flexibility index (Phi) is 5.62. The number of hydrogen-bond donors (Lipinski definition) is 3. The Morgan fingerprint density at radius 1 is 1.07 bits per heavy atom. The lowest BCUT2D eigenvalue weighted by atomic mass is 10.1. The molecule has 1 atom stereocenters. The summed E-state index contributed by atoms with van der Waals surface area (Å²) in [5.41, 5.74) is 7.20. The Morgan fingerprint density at radius 3 is 2.57 bits per heavy atom. The molecular formula is C21H18BrN5O3. The largest absolute Gasteiger partial charge is 0.310 e. The molecule has 0 radical (unpaired) electrons. The van der Waals surface area contributed by atoms with E-state index in [0.29, 0.717) is 11.4 Å². The van der Waals surface area contributed by atoms with E-state index < -0.39 is 17.7 Å². The van der Waals surface area contributed by atoms with Crippen LogP contribution >= 0.6 is 15.9 Å². The number of hydrogen-bond acceptors (Lipinski definition) is 4. The monoisotopic (exact) mass is 467 g/mol. The average molecular weight is 468 g/mol. The summed E-state index contributed by atoms with van der Waals surface area (Å²) in [6.07, 6.45) is 0.0747. The summed E-state index contributed by atoms with van der Waals surface area (Å²) in [5, 5.41) is 6.78. The fourth-order valence-corrected chi connectivity index (χ4v) is 3.77. The Labute approximate surface area is 180 Å². The molecule has 2 heterocycles. The van der Waals surface area contributed by atoms with Crippen molar-refractivity contribution in [2.24, 2.45) is 5.92 Å². The lowest BCUT2D eigenvalue weighted by Crippen LogP contribution is -2.45. The molecule has 0 spiro atoms. The topological polar surface area (TPSA) is 107 Å². The summed E-state index contributed by atoms with van der Waals surface area (Å²) in [4.78, 5) is 38.7. The van der Waals surface area contributed by atoms with Crippen LogP contribution < -0.4 is 15.8 Å². The quantitative estimate of drug-likeness (QED) is 0.512. The van der Waals surface area contributed by atoms with Gasteiger partial charge in [-0.15, -0.1) is 0 Å². The van der Waals surface area contributed by atoms with Gasteiger partial charge in [0.2, 0.25) is 11.8 Å². The third-order valence-electron chi connectivity index (χ3n) is 4.83. The lowest BCUT2D eigenvalue weighted by Gasteiger charge is -2.18. The van der Waals surface area contributed by atoms with Crippen LogP contribution in [0.25, 0.3) is 11.3 Å². The molecule has 152 valence electrons. The maximum atomic E-state index is 12.5. The van der Waals surface area contributed by atoms with E-state index in [9.17, 15) is 14.4 Å². The third kappa shape index (κ3) is 4.11. The van der Waals surface area contributed by atoms with Gasteiger partial charge in [-0.05, 0) is 34.1 Å². The third-order valence-corrected chi connectivity index (χ3v) is 5.50. The minimum absolute atomic E-state index is 0.0747. The number of H-pyrrole nitrogens is 1. The molecular weight excluding hydrogens is 450 g/mol. The van der Waals surface area contributed by atoms with Crippen LogP contribution in [-0.2, 0) is 9.59 Å². The minimum Gasteiger partial charge on any atom is -0.310 e. The number of nitrogens with one attached hydrogen (secondary N) is 3. The minimum atomic E-state index is -0.563. The smallest absolute Gasteiger partial charge is 0.287 e. The molecule has 1 saturated heterocycles. The number of amides is 3. The van der Waals surface area contributed by atoms with Crippen molar-refractivity contribution in [2.45, 2.75) is 6.42 Å². The number of halogens is 1. The molecule has 1 aromatic heterocycles. The van der Waals surface area contributed by atoms with Crippen molar-refractivity contribution >= 4 is 39.3 Å². The van der Waals surface area contributed by atoms with Crippen LogP contribution in [0.15, 0.2) is 65.1 Å². The van der Waals surface area contributed by atoms with E-state index in [0.717, 1.165) is 10.0 Å². The van der Waals surface area contributed by atoms with Crippen LogP contribution in [-0.4, -0.2) is 34.5 Å². The molecule has 0 aliphatic carbocycles. The van der Waals surface area contributed by atoms with Gasteiger partial charge < -0.3 is 4.90 Å². The van der Waals surface area contributed by atoms with Gasteiger partial charge in [0.05, 0.1) is 17.3 Å². The van der Waals surface area contributed by atoms with Gasteiger partial charge in [-0.3, -0.25) is 30.3 Å². The zero-order valence-electron chi connectivity index (χ0n) is 15.8. The molecule has 1 aliphatic heterocycles. The van der Waals surface area contributed by atoms with E-state index in [1.165, 1.54) is 0 Å². The van der Waals surface area contributed by atoms with Crippen molar-refractivity contribution in [1.82, 2.24) is 21.0 Å². The number of aromatic amines is 1. The SMILES string of the molecule is O=C(NNC(=O)C1CC(=O)N(c2ccccc2Br)C1)c1cc(-c2ccccc2)n[nH]1. The van der Waals surface area contributed by atoms with E-state index in [4.69, 9.17) is 0 Å². The molecule has 8 nitrogen and oxygen atoms in total. The summed E-state index contributed by atoms with van der Waals surface area (Å²) in [7, 11) is 0. The zero-order chi connectivity index (χ0) is 21.1. The summed E-state index contributed by atoms with van der Waals surface area (Å²) in [5.74, 6) is -1.65. The van der Waals surface area contributed by atoms with Gasteiger partial charge in [-0.25, -0.2) is 0 Å². The van der Waals surface area contributed by atoms with E-state index in [-0.39, 0.29) is 24.6 Å². The molecule has 3 aromatic rings. The highest BCUT2D eigenvalue weighted by Gasteiger charge is 2.36. The second-order valence-corrected chi connectivity index (χ2v) is 7.69. The molecule has 0 bridgehead atoms. The molecule has 30 heavy (non-hydrogen) atoms. The molecule has 1 unspecified atom stereocenters. The highest BCUT2D eigenvalue weighted by atomic mass is 79.9. The molecule has 9 heteroatoms.